The van der Waals surface area contributed by atoms with Crippen molar-refractivity contribution >= 4 is 5.97 Å². The predicted octanol–water partition coefficient (Wildman–Crippen LogP) is 2.89. The van der Waals surface area contributed by atoms with Gasteiger partial charge in [0, 0.05) is 0 Å². The summed E-state index contributed by atoms with van der Waals surface area (Å²) in [5, 5.41) is 0. The van der Waals surface area contributed by atoms with Gasteiger partial charge in [0.25, 0.3) is 6.43 Å². The van der Waals surface area contributed by atoms with Gasteiger partial charge in [-0.15, -0.1) is 0 Å². The Morgan fingerprint density at radius 1 is 1.44 bits per heavy atom. The molecule has 4 nitrogen and oxygen atoms in total. The Bertz CT molecular complexity index is 426. The molecule has 0 saturated heterocycles. The Balaban J connectivity index is 3.05. The van der Waals surface area contributed by atoms with Gasteiger partial charge in [0.05, 0.1) is 6.61 Å². The van der Waals surface area contributed by atoms with E-state index in [9.17, 15) is 26.7 Å². The fourth-order valence-corrected chi connectivity index (χ4v) is 1.12. The molecule has 0 aliphatic rings. The number of carbonyl (C=O) groups excluding carboxylic acids is 1. The average Bonchev–Trinajstić information content (AvgIpc) is 2.59. The van der Waals surface area contributed by atoms with E-state index in [0.29, 0.717) is 0 Å². The van der Waals surface area contributed by atoms with Gasteiger partial charge in [0.15, 0.2) is 5.69 Å². The smallest absolute Gasteiger partial charge is 0.397 e. The second-order valence-electron chi connectivity index (χ2n) is 3.14. The van der Waals surface area contributed by atoms with E-state index in [1.807, 2.05) is 0 Å². The van der Waals surface area contributed by atoms with E-state index in [2.05, 4.69) is 14.1 Å². The number of ether oxygens (including phenoxy) is 1. The molecular formula is C9H8F5NO3. The number of hydrogen-bond donors (Lipinski definition) is 0. The van der Waals surface area contributed by atoms with E-state index in [4.69, 9.17) is 0 Å². The van der Waals surface area contributed by atoms with Crippen molar-refractivity contribution in [3.63, 3.8) is 0 Å². The average molecular weight is 273 g/mol. The van der Waals surface area contributed by atoms with Crippen LogP contribution in [0, 0.1) is 0 Å². The maximum atomic E-state index is 12.5. The van der Waals surface area contributed by atoms with Crippen molar-refractivity contribution in [1.82, 2.24) is 4.98 Å². The molecule has 0 spiro atoms. The van der Waals surface area contributed by atoms with Crippen LogP contribution < -0.4 is 0 Å². The first-order valence-corrected chi connectivity index (χ1v) is 4.76. The third-order valence-electron chi connectivity index (χ3n) is 1.72. The maximum Gasteiger partial charge on any atom is 0.397 e. The number of oxazole rings is 1. The molecule has 0 aromatic carbocycles. The summed E-state index contributed by atoms with van der Waals surface area (Å²) in [4.78, 5) is 14.1. The summed E-state index contributed by atoms with van der Waals surface area (Å²) in [6.45, 7) is 1.28. The molecule has 0 N–H and O–H groups in total. The van der Waals surface area contributed by atoms with Gasteiger partial charge in [-0.2, -0.15) is 13.2 Å². The van der Waals surface area contributed by atoms with Gasteiger partial charge in [-0.3, -0.25) is 0 Å². The molecule has 18 heavy (non-hydrogen) atoms. The van der Waals surface area contributed by atoms with E-state index in [1.54, 1.807) is 0 Å². The highest BCUT2D eigenvalue weighted by Gasteiger charge is 2.34. The molecule has 0 fully saturated rings. The van der Waals surface area contributed by atoms with Crippen molar-refractivity contribution < 1.29 is 35.9 Å². The minimum absolute atomic E-state index is 0.128. The zero-order valence-electron chi connectivity index (χ0n) is 9.05. The van der Waals surface area contributed by atoms with Crippen molar-refractivity contribution in [3.8, 4) is 0 Å². The van der Waals surface area contributed by atoms with E-state index in [-0.39, 0.29) is 6.61 Å². The van der Waals surface area contributed by atoms with Crippen LogP contribution in [0.2, 0.25) is 0 Å². The van der Waals surface area contributed by atoms with Gasteiger partial charge in [-0.05, 0) is 6.92 Å². The fourth-order valence-electron chi connectivity index (χ4n) is 1.12. The van der Waals surface area contributed by atoms with Crippen LogP contribution in [-0.4, -0.2) is 23.7 Å². The first kappa shape index (κ1) is 14.4. The zero-order chi connectivity index (χ0) is 13.9. The molecule has 1 heterocycles. The molecule has 102 valence electrons. The monoisotopic (exact) mass is 273 g/mol. The number of esters is 1. The number of rotatable bonds is 4. The molecule has 0 bridgehead atoms. The molecule has 0 aliphatic carbocycles. The summed E-state index contributed by atoms with van der Waals surface area (Å²) in [5.74, 6) is -3.26. The third-order valence-corrected chi connectivity index (χ3v) is 1.72. The molecule has 0 atom stereocenters. The van der Waals surface area contributed by atoms with Crippen LogP contribution in [0.4, 0.5) is 22.0 Å². The Hall–Kier alpha value is -1.67. The molecule has 1 aromatic heterocycles. The molecule has 0 saturated carbocycles. The summed E-state index contributed by atoms with van der Waals surface area (Å²) >= 11 is 0. The van der Waals surface area contributed by atoms with E-state index in [0.717, 1.165) is 0 Å². The molecule has 0 unspecified atom stereocenters. The molecule has 0 radical (unpaired) electrons. The van der Waals surface area contributed by atoms with Crippen LogP contribution in [0.5, 0.6) is 0 Å². The summed E-state index contributed by atoms with van der Waals surface area (Å²) in [5.41, 5.74) is -1.15. The minimum atomic E-state index is -4.67. The van der Waals surface area contributed by atoms with Crippen LogP contribution in [0.1, 0.15) is 35.5 Å². The Kier molecular flexibility index (Phi) is 4.25. The van der Waals surface area contributed by atoms with Gasteiger partial charge in [0.1, 0.15) is 6.42 Å². The van der Waals surface area contributed by atoms with Crippen molar-refractivity contribution in [1.29, 1.82) is 0 Å². The Morgan fingerprint density at radius 2 is 2.06 bits per heavy atom. The summed E-state index contributed by atoms with van der Waals surface area (Å²) in [6, 6.07) is 0. The lowest BCUT2D eigenvalue weighted by atomic mass is 10.3. The topological polar surface area (TPSA) is 52.3 Å². The van der Waals surface area contributed by atoms with Crippen LogP contribution in [-0.2, 0) is 11.2 Å². The number of hydrogen-bond acceptors (Lipinski definition) is 4. The van der Waals surface area contributed by atoms with E-state index in [1.165, 1.54) is 6.92 Å². The summed E-state index contributed by atoms with van der Waals surface area (Å²) < 4.78 is 69.8. The predicted molar refractivity (Wildman–Crippen MR) is 47.2 cm³/mol. The first-order chi connectivity index (χ1) is 8.24. The van der Waals surface area contributed by atoms with Gasteiger partial charge in [-0.25, -0.2) is 18.6 Å². The zero-order valence-corrected chi connectivity index (χ0v) is 9.05. The van der Waals surface area contributed by atoms with Crippen molar-refractivity contribution in [2.45, 2.75) is 25.9 Å². The molecule has 9 heteroatoms. The largest absolute Gasteiger partial charge is 0.460 e. The minimum Gasteiger partial charge on any atom is -0.460 e. The highest BCUT2D eigenvalue weighted by molar-refractivity contribution is 5.87. The quantitative estimate of drug-likeness (QED) is 0.625. The molecule has 0 amide bonds. The second-order valence-corrected chi connectivity index (χ2v) is 3.14. The lowest BCUT2D eigenvalue weighted by molar-refractivity contribution is -0.131. The number of halogens is 5. The lowest BCUT2D eigenvalue weighted by Gasteiger charge is -2.01. The van der Waals surface area contributed by atoms with Gasteiger partial charge in [-0.1, -0.05) is 0 Å². The molecule has 1 rings (SSSR count). The van der Waals surface area contributed by atoms with Gasteiger partial charge >= 0.3 is 12.1 Å². The number of aromatic nitrogens is 1. The third kappa shape index (κ3) is 3.67. The molecular weight excluding hydrogens is 265 g/mol. The molecule has 1 aromatic rings. The van der Waals surface area contributed by atoms with Crippen LogP contribution >= 0.6 is 0 Å². The SMILES string of the molecule is CCOC(=O)c1oc(CC(F)(F)F)nc1C(F)F. The van der Waals surface area contributed by atoms with Gasteiger partial charge < -0.3 is 9.15 Å². The van der Waals surface area contributed by atoms with Crippen molar-refractivity contribution in [2.24, 2.45) is 0 Å². The van der Waals surface area contributed by atoms with Crippen molar-refractivity contribution in [3.05, 3.63) is 17.3 Å². The number of carbonyl (C=O) groups is 1. The van der Waals surface area contributed by atoms with Crippen LogP contribution in [0.15, 0.2) is 4.42 Å². The number of nitrogens with zero attached hydrogens (tertiary/aromatic N) is 1. The van der Waals surface area contributed by atoms with E-state index < -0.39 is 42.3 Å². The number of alkyl halides is 5. The normalized spacial score (nSPS) is 11.9. The lowest BCUT2D eigenvalue weighted by Crippen LogP contribution is -2.11. The second kappa shape index (κ2) is 5.32. The van der Waals surface area contributed by atoms with E-state index >= 15 is 0 Å². The molecule has 0 aliphatic heterocycles. The Labute approximate surface area is 97.7 Å². The first-order valence-electron chi connectivity index (χ1n) is 4.76. The highest BCUT2D eigenvalue weighted by Crippen LogP contribution is 2.27. The van der Waals surface area contributed by atoms with Crippen LogP contribution in [0.3, 0.4) is 0 Å². The van der Waals surface area contributed by atoms with Gasteiger partial charge in [0.2, 0.25) is 11.7 Å². The maximum absolute atomic E-state index is 12.5. The Morgan fingerprint density at radius 3 is 2.50 bits per heavy atom. The fraction of sp³-hybridized carbons (Fsp3) is 0.556. The summed E-state index contributed by atoms with van der Waals surface area (Å²) in [7, 11) is 0. The van der Waals surface area contributed by atoms with Crippen LogP contribution in [0.25, 0.3) is 0 Å². The van der Waals surface area contributed by atoms with Crippen molar-refractivity contribution in [2.75, 3.05) is 6.61 Å². The summed E-state index contributed by atoms with van der Waals surface area (Å²) in [6.07, 6.45) is -9.53. The standard InChI is InChI=1S/C9H8F5NO3/c1-2-17-8(16)6-5(7(10)11)15-4(18-6)3-9(12,13)14/h7H,2-3H2,1H3. The highest BCUT2D eigenvalue weighted by atomic mass is 19.4.